The molecule has 0 unspecified atom stereocenters. The second-order valence-corrected chi connectivity index (χ2v) is 5.36. The predicted molar refractivity (Wildman–Crippen MR) is 85.1 cm³/mol. The van der Waals surface area contributed by atoms with Crippen LogP contribution in [0.15, 0.2) is 40.3 Å². The van der Waals surface area contributed by atoms with Gasteiger partial charge in [-0.25, -0.2) is 4.98 Å². The Morgan fingerprint density at radius 1 is 1.23 bits per heavy atom. The Hall–Kier alpha value is -2.61. The molecule has 1 amide bonds. The van der Waals surface area contributed by atoms with Gasteiger partial charge in [0.15, 0.2) is 16.3 Å². The number of nitrogens with one attached hydrogen (secondary N) is 3. The molecule has 7 nitrogen and oxygen atoms in total. The lowest BCUT2D eigenvalue weighted by molar-refractivity contribution is -0.115. The fourth-order valence-corrected chi connectivity index (χ4v) is 2.38. The first kappa shape index (κ1) is 14.3. The van der Waals surface area contributed by atoms with Gasteiger partial charge < -0.3 is 4.98 Å². The zero-order valence-corrected chi connectivity index (χ0v) is 12.5. The lowest BCUT2D eigenvalue weighted by atomic mass is 10.1. The van der Waals surface area contributed by atoms with Crippen molar-refractivity contribution >= 4 is 34.8 Å². The van der Waals surface area contributed by atoms with E-state index in [4.69, 9.17) is 0 Å². The van der Waals surface area contributed by atoms with Crippen molar-refractivity contribution in [2.75, 3.05) is 11.6 Å². The Morgan fingerprint density at radius 3 is 2.73 bits per heavy atom. The van der Waals surface area contributed by atoms with Crippen molar-refractivity contribution in [1.29, 1.82) is 0 Å². The van der Waals surface area contributed by atoms with Gasteiger partial charge in [-0.05, 0) is 11.8 Å². The van der Waals surface area contributed by atoms with Gasteiger partial charge in [0.05, 0.1) is 6.42 Å². The van der Waals surface area contributed by atoms with Crippen molar-refractivity contribution in [3.05, 3.63) is 46.2 Å². The van der Waals surface area contributed by atoms with E-state index in [2.05, 4.69) is 25.3 Å². The topological polar surface area (TPSA) is 104 Å². The number of thioether (sulfide) groups is 1. The second kappa shape index (κ2) is 6.02. The molecule has 3 N–H and O–H groups in total. The van der Waals surface area contributed by atoms with Crippen molar-refractivity contribution in [3.63, 3.8) is 0 Å². The number of rotatable bonds is 4. The van der Waals surface area contributed by atoms with Crippen LogP contribution in [0.3, 0.4) is 0 Å². The molecular weight excluding hydrogens is 302 g/mol. The number of fused-ring (bicyclic) bond motifs is 1. The monoisotopic (exact) mass is 315 g/mol. The molecule has 0 radical (unpaired) electrons. The van der Waals surface area contributed by atoms with Gasteiger partial charge in [-0.15, -0.1) is 0 Å². The number of anilines is 1. The fraction of sp³-hybridized carbons (Fsp3) is 0.143. The van der Waals surface area contributed by atoms with E-state index in [1.807, 2.05) is 36.6 Å². The van der Waals surface area contributed by atoms with Crippen LogP contribution in [-0.4, -0.2) is 32.1 Å². The lowest BCUT2D eigenvalue weighted by Gasteiger charge is -2.03. The highest BCUT2D eigenvalue weighted by atomic mass is 32.2. The smallest absolute Gasteiger partial charge is 0.278 e. The van der Waals surface area contributed by atoms with Gasteiger partial charge in [-0.1, -0.05) is 42.1 Å². The molecule has 112 valence electrons. The van der Waals surface area contributed by atoms with E-state index in [0.29, 0.717) is 10.7 Å². The Labute approximate surface area is 129 Å². The Morgan fingerprint density at radius 2 is 2.00 bits per heavy atom. The SMILES string of the molecule is CSc1nc2nc(NC(=O)Cc3ccccc3)[nH]c(=O)c2[nH]1. The van der Waals surface area contributed by atoms with Gasteiger partial charge in [0, 0.05) is 0 Å². The van der Waals surface area contributed by atoms with E-state index < -0.39 is 0 Å². The van der Waals surface area contributed by atoms with Crippen LogP contribution in [0, 0.1) is 0 Å². The van der Waals surface area contributed by atoms with Gasteiger partial charge in [0.1, 0.15) is 0 Å². The number of aromatic nitrogens is 4. The molecule has 0 fully saturated rings. The summed E-state index contributed by atoms with van der Waals surface area (Å²) in [5, 5.41) is 3.18. The van der Waals surface area contributed by atoms with Crippen LogP contribution < -0.4 is 10.9 Å². The number of benzene rings is 1. The molecule has 1 aromatic carbocycles. The molecule has 22 heavy (non-hydrogen) atoms. The highest BCUT2D eigenvalue weighted by Gasteiger charge is 2.11. The maximum Gasteiger partial charge on any atom is 0.278 e. The van der Waals surface area contributed by atoms with Crippen LogP contribution in [0.4, 0.5) is 5.95 Å². The highest BCUT2D eigenvalue weighted by Crippen LogP contribution is 2.13. The standard InChI is InChI=1S/C14H13N5O2S/c1-22-14-16-10-11(18-14)17-13(19-12(10)21)15-9(20)7-8-5-3-2-4-6-8/h2-6H,7H2,1H3,(H3,15,16,17,18,19,20,21). The van der Waals surface area contributed by atoms with Gasteiger partial charge in [0.25, 0.3) is 5.56 Å². The number of aromatic amines is 2. The molecule has 3 rings (SSSR count). The number of hydrogen-bond donors (Lipinski definition) is 3. The molecule has 0 saturated heterocycles. The number of nitrogens with zero attached hydrogens (tertiary/aromatic N) is 2. The van der Waals surface area contributed by atoms with Crippen LogP contribution in [0.1, 0.15) is 5.56 Å². The number of hydrogen-bond acceptors (Lipinski definition) is 5. The maximum absolute atomic E-state index is 12.0. The van der Waals surface area contributed by atoms with Crippen LogP contribution in [-0.2, 0) is 11.2 Å². The van der Waals surface area contributed by atoms with Crippen LogP contribution in [0.2, 0.25) is 0 Å². The zero-order valence-electron chi connectivity index (χ0n) is 11.7. The quantitative estimate of drug-likeness (QED) is 0.634. The average Bonchev–Trinajstić information content (AvgIpc) is 2.92. The molecule has 0 saturated carbocycles. The average molecular weight is 315 g/mol. The molecule has 3 aromatic rings. The molecule has 8 heteroatoms. The van der Waals surface area contributed by atoms with E-state index >= 15 is 0 Å². The summed E-state index contributed by atoms with van der Waals surface area (Å²) in [5.74, 6) is -0.160. The highest BCUT2D eigenvalue weighted by molar-refractivity contribution is 7.98. The zero-order chi connectivity index (χ0) is 15.5. The van der Waals surface area contributed by atoms with Crippen molar-refractivity contribution < 1.29 is 4.79 Å². The molecule has 0 bridgehead atoms. The molecule has 0 atom stereocenters. The number of carbonyl (C=O) groups is 1. The summed E-state index contributed by atoms with van der Waals surface area (Å²) in [7, 11) is 0. The minimum atomic E-state index is -0.368. The number of amides is 1. The predicted octanol–water partition coefficient (Wildman–Crippen LogP) is 1.55. The summed E-state index contributed by atoms with van der Waals surface area (Å²) >= 11 is 1.38. The lowest BCUT2D eigenvalue weighted by Crippen LogP contribution is -2.19. The second-order valence-electron chi connectivity index (χ2n) is 4.57. The third-order valence-electron chi connectivity index (χ3n) is 3.00. The Balaban J connectivity index is 1.81. The van der Waals surface area contributed by atoms with Crippen LogP contribution in [0.25, 0.3) is 11.2 Å². The van der Waals surface area contributed by atoms with E-state index in [9.17, 15) is 9.59 Å². The largest absolute Gasteiger partial charge is 0.327 e. The molecule has 2 aromatic heterocycles. The first-order valence-corrected chi connectivity index (χ1v) is 7.76. The normalized spacial score (nSPS) is 10.8. The molecule has 0 spiro atoms. The summed E-state index contributed by atoms with van der Waals surface area (Å²) in [6.45, 7) is 0. The molecule has 0 aliphatic heterocycles. The summed E-state index contributed by atoms with van der Waals surface area (Å²) in [6, 6.07) is 9.33. The van der Waals surface area contributed by atoms with E-state index in [0.717, 1.165) is 5.56 Å². The van der Waals surface area contributed by atoms with Crippen LogP contribution >= 0.6 is 11.8 Å². The summed E-state index contributed by atoms with van der Waals surface area (Å²) in [5.41, 5.74) is 1.09. The van der Waals surface area contributed by atoms with Crippen molar-refractivity contribution in [3.8, 4) is 0 Å². The van der Waals surface area contributed by atoms with Gasteiger partial charge >= 0.3 is 0 Å². The van der Waals surface area contributed by atoms with E-state index in [1.165, 1.54) is 11.8 Å². The minimum Gasteiger partial charge on any atom is -0.327 e. The van der Waals surface area contributed by atoms with E-state index in [-0.39, 0.29) is 29.5 Å². The summed E-state index contributed by atoms with van der Waals surface area (Å²) < 4.78 is 0. The molecule has 0 aliphatic rings. The van der Waals surface area contributed by atoms with Gasteiger partial charge in [-0.2, -0.15) is 4.98 Å². The third-order valence-corrected chi connectivity index (χ3v) is 3.58. The van der Waals surface area contributed by atoms with Crippen molar-refractivity contribution in [2.45, 2.75) is 11.6 Å². The van der Waals surface area contributed by atoms with Gasteiger partial charge in [-0.3, -0.25) is 19.9 Å². The molecule has 0 aliphatic carbocycles. The summed E-state index contributed by atoms with van der Waals surface area (Å²) in [6.07, 6.45) is 2.05. The van der Waals surface area contributed by atoms with Gasteiger partial charge in [0.2, 0.25) is 11.9 Å². The fourth-order valence-electron chi connectivity index (χ4n) is 2.00. The number of H-pyrrole nitrogens is 2. The van der Waals surface area contributed by atoms with Crippen molar-refractivity contribution in [1.82, 2.24) is 19.9 Å². The number of carbonyl (C=O) groups excluding carboxylic acids is 1. The first-order valence-electron chi connectivity index (χ1n) is 6.53. The molecular formula is C14H13N5O2S. The number of imidazole rings is 1. The summed E-state index contributed by atoms with van der Waals surface area (Å²) in [4.78, 5) is 37.6. The van der Waals surface area contributed by atoms with Crippen LogP contribution in [0.5, 0.6) is 0 Å². The Bertz CT molecular complexity index is 872. The third kappa shape index (κ3) is 3.01. The Kier molecular flexibility index (Phi) is 3.92. The first-order chi connectivity index (χ1) is 10.7. The molecule has 2 heterocycles. The van der Waals surface area contributed by atoms with E-state index in [1.54, 1.807) is 0 Å². The minimum absolute atomic E-state index is 0.0950. The maximum atomic E-state index is 12.0. The van der Waals surface area contributed by atoms with Crippen molar-refractivity contribution in [2.24, 2.45) is 0 Å².